The Bertz CT molecular complexity index is 800. The normalized spacial score (nSPS) is 17.1. The van der Waals surface area contributed by atoms with E-state index in [0.29, 0.717) is 0 Å². The third-order valence-corrected chi connectivity index (χ3v) is 6.15. The lowest BCUT2D eigenvalue weighted by Crippen LogP contribution is -2.49. The lowest BCUT2D eigenvalue weighted by atomic mass is 10.1. The van der Waals surface area contributed by atoms with Crippen molar-refractivity contribution in [3.63, 3.8) is 0 Å². The SMILES string of the molecule is CCCOCCN1CCN(C2=Nc3ccccc3Sc3ccccc32)CC1. The molecule has 142 valence electrons. The fourth-order valence-electron chi connectivity index (χ4n) is 3.53. The van der Waals surface area contributed by atoms with Crippen molar-refractivity contribution in [1.29, 1.82) is 0 Å². The maximum absolute atomic E-state index is 5.65. The van der Waals surface area contributed by atoms with Gasteiger partial charge in [-0.05, 0) is 24.6 Å². The fourth-order valence-corrected chi connectivity index (χ4v) is 4.55. The summed E-state index contributed by atoms with van der Waals surface area (Å²) in [5.74, 6) is 1.12. The molecule has 0 aromatic heterocycles. The van der Waals surface area contributed by atoms with Crippen LogP contribution >= 0.6 is 11.8 Å². The molecule has 5 heteroatoms. The van der Waals surface area contributed by atoms with E-state index < -0.39 is 0 Å². The van der Waals surface area contributed by atoms with Gasteiger partial charge in [0.2, 0.25) is 0 Å². The van der Waals surface area contributed by atoms with Crippen molar-refractivity contribution in [2.24, 2.45) is 4.99 Å². The number of aliphatic imine (C=N–C) groups is 1. The number of benzene rings is 2. The third-order valence-electron chi connectivity index (χ3n) is 5.01. The fraction of sp³-hybridized carbons (Fsp3) is 0.409. The van der Waals surface area contributed by atoms with Crippen LogP contribution in [0.2, 0.25) is 0 Å². The van der Waals surface area contributed by atoms with Crippen LogP contribution in [0.15, 0.2) is 63.3 Å². The molecule has 0 unspecified atom stereocenters. The highest BCUT2D eigenvalue weighted by molar-refractivity contribution is 7.99. The summed E-state index contributed by atoms with van der Waals surface area (Å²) in [5.41, 5.74) is 2.32. The van der Waals surface area contributed by atoms with Crippen LogP contribution in [0, 0.1) is 0 Å². The number of para-hydroxylation sites is 1. The summed E-state index contributed by atoms with van der Waals surface area (Å²) < 4.78 is 5.65. The molecular formula is C22H27N3OS. The molecule has 0 spiro atoms. The average molecular weight is 382 g/mol. The first-order valence-electron chi connectivity index (χ1n) is 9.85. The summed E-state index contributed by atoms with van der Waals surface area (Å²) in [4.78, 5) is 12.6. The van der Waals surface area contributed by atoms with Gasteiger partial charge in [-0.15, -0.1) is 0 Å². The molecule has 2 aliphatic rings. The van der Waals surface area contributed by atoms with Crippen molar-refractivity contribution < 1.29 is 4.74 Å². The molecule has 1 fully saturated rings. The number of hydrogen-bond donors (Lipinski definition) is 0. The van der Waals surface area contributed by atoms with Gasteiger partial charge in [-0.3, -0.25) is 4.90 Å². The predicted molar refractivity (Wildman–Crippen MR) is 112 cm³/mol. The summed E-state index contributed by atoms with van der Waals surface area (Å²) in [6, 6.07) is 17.1. The van der Waals surface area contributed by atoms with Gasteiger partial charge in [-0.1, -0.05) is 49.0 Å². The van der Waals surface area contributed by atoms with Crippen LogP contribution in [-0.2, 0) is 4.74 Å². The van der Waals surface area contributed by atoms with Gasteiger partial charge in [0, 0.05) is 54.7 Å². The van der Waals surface area contributed by atoms with Crippen molar-refractivity contribution in [3.8, 4) is 0 Å². The summed E-state index contributed by atoms with van der Waals surface area (Å²) >= 11 is 1.82. The zero-order valence-corrected chi connectivity index (χ0v) is 16.8. The molecule has 0 amide bonds. The maximum atomic E-state index is 5.65. The lowest BCUT2D eigenvalue weighted by Gasteiger charge is -2.36. The topological polar surface area (TPSA) is 28.1 Å². The first kappa shape index (κ1) is 18.5. The molecule has 2 aromatic rings. The van der Waals surface area contributed by atoms with E-state index >= 15 is 0 Å². The maximum Gasteiger partial charge on any atom is 0.137 e. The number of ether oxygens (including phenoxy) is 1. The molecule has 4 nitrogen and oxygen atoms in total. The van der Waals surface area contributed by atoms with E-state index in [4.69, 9.17) is 9.73 Å². The summed E-state index contributed by atoms with van der Waals surface area (Å²) in [6.45, 7) is 9.01. The first-order chi connectivity index (χ1) is 13.3. The molecule has 2 heterocycles. The molecule has 1 saturated heterocycles. The second kappa shape index (κ2) is 8.91. The highest BCUT2D eigenvalue weighted by Crippen LogP contribution is 2.40. The Kier molecular flexibility index (Phi) is 6.12. The molecule has 0 atom stereocenters. The number of rotatable bonds is 5. The van der Waals surface area contributed by atoms with Crippen molar-refractivity contribution >= 4 is 23.3 Å². The van der Waals surface area contributed by atoms with Crippen LogP contribution in [0.4, 0.5) is 5.69 Å². The van der Waals surface area contributed by atoms with Crippen LogP contribution < -0.4 is 0 Å². The first-order valence-corrected chi connectivity index (χ1v) is 10.7. The molecule has 4 rings (SSSR count). The number of amidine groups is 1. The van der Waals surface area contributed by atoms with Gasteiger partial charge in [0.25, 0.3) is 0 Å². The molecule has 2 aliphatic heterocycles. The highest BCUT2D eigenvalue weighted by Gasteiger charge is 2.24. The molecule has 2 aromatic carbocycles. The van der Waals surface area contributed by atoms with E-state index in [-0.39, 0.29) is 0 Å². The van der Waals surface area contributed by atoms with E-state index in [2.05, 4.69) is 65.3 Å². The Hall–Kier alpha value is -1.82. The van der Waals surface area contributed by atoms with Crippen molar-refractivity contribution in [3.05, 3.63) is 54.1 Å². The molecule has 0 bridgehead atoms. The zero-order chi connectivity index (χ0) is 18.5. The van der Waals surface area contributed by atoms with E-state index in [1.165, 1.54) is 15.4 Å². The predicted octanol–water partition coefficient (Wildman–Crippen LogP) is 4.27. The van der Waals surface area contributed by atoms with Crippen LogP contribution in [-0.4, -0.2) is 61.6 Å². The van der Waals surface area contributed by atoms with Gasteiger partial charge < -0.3 is 9.64 Å². The Morgan fingerprint density at radius 1 is 0.926 bits per heavy atom. The second-order valence-electron chi connectivity index (χ2n) is 6.94. The molecule has 27 heavy (non-hydrogen) atoms. The number of hydrogen-bond acceptors (Lipinski definition) is 5. The van der Waals surface area contributed by atoms with Crippen LogP contribution in [0.5, 0.6) is 0 Å². The van der Waals surface area contributed by atoms with Crippen LogP contribution in [0.3, 0.4) is 0 Å². The summed E-state index contributed by atoms with van der Waals surface area (Å²) in [6.07, 6.45) is 1.09. The van der Waals surface area contributed by atoms with Crippen LogP contribution in [0.25, 0.3) is 0 Å². The Morgan fingerprint density at radius 2 is 1.67 bits per heavy atom. The van der Waals surface area contributed by atoms with Gasteiger partial charge in [-0.25, -0.2) is 4.99 Å². The van der Waals surface area contributed by atoms with Gasteiger partial charge in [0.1, 0.15) is 5.84 Å². The Labute approximate surface area is 166 Å². The Balaban J connectivity index is 1.50. The molecule has 0 N–H and O–H groups in total. The van der Waals surface area contributed by atoms with E-state index in [1.807, 2.05) is 11.8 Å². The largest absolute Gasteiger partial charge is 0.380 e. The van der Waals surface area contributed by atoms with Crippen molar-refractivity contribution in [2.45, 2.75) is 23.1 Å². The second-order valence-corrected chi connectivity index (χ2v) is 8.03. The molecule has 0 aliphatic carbocycles. The number of fused-ring (bicyclic) bond motifs is 2. The van der Waals surface area contributed by atoms with Crippen LogP contribution in [0.1, 0.15) is 18.9 Å². The summed E-state index contributed by atoms with van der Waals surface area (Å²) in [7, 11) is 0. The minimum Gasteiger partial charge on any atom is -0.380 e. The monoisotopic (exact) mass is 381 g/mol. The van der Waals surface area contributed by atoms with Crippen molar-refractivity contribution in [2.75, 3.05) is 45.9 Å². The van der Waals surface area contributed by atoms with Crippen molar-refractivity contribution in [1.82, 2.24) is 9.80 Å². The average Bonchev–Trinajstić information content (AvgIpc) is 2.88. The minimum absolute atomic E-state index is 0.835. The van der Waals surface area contributed by atoms with E-state index in [9.17, 15) is 0 Å². The van der Waals surface area contributed by atoms with Gasteiger partial charge in [-0.2, -0.15) is 0 Å². The molecule has 0 saturated carbocycles. The number of nitrogens with zero attached hydrogens (tertiary/aromatic N) is 3. The third kappa shape index (κ3) is 4.37. The molecular weight excluding hydrogens is 354 g/mol. The van der Waals surface area contributed by atoms with Gasteiger partial charge in [0.15, 0.2) is 0 Å². The van der Waals surface area contributed by atoms with Gasteiger partial charge in [0.05, 0.1) is 12.3 Å². The summed E-state index contributed by atoms with van der Waals surface area (Å²) in [5, 5.41) is 0. The molecule has 0 radical (unpaired) electrons. The minimum atomic E-state index is 0.835. The smallest absolute Gasteiger partial charge is 0.137 e. The van der Waals surface area contributed by atoms with Gasteiger partial charge >= 0.3 is 0 Å². The lowest BCUT2D eigenvalue weighted by molar-refractivity contribution is 0.0892. The van der Waals surface area contributed by atoms with E-state index in [1.54, 1.807) is 0 Å². The standard InChI is InChI=1S/C22H27N3OS/c1-2-16-26-17-15-24-11-13-25(14-12-24)22-18-7-3-5-9-20(18)27-21-10-6-4-8-19(21)23-22/h3-10H,2,11-17H2,1H3. The number of piperazine rings is 1. The van der Waals surface area contributed by atoms with E-state index in [0.717, 1.165) is 63.9 Å². The highest BCUT2D eigenvalue weighted by atomic mass is 32.2. The quantitative estimate of drug-likeness (QED) is 0.723. The Morgan fingerprint density at radius 3 is 2.48 bits per heavy atom. The zero-order valence-electron chi connectivity index (χ0n) is 15.9.